The summed E-state index contributed by atoms with van der Waals surface area (Å²) in [5.41, 5.74) is 33.2. The summed E-state index contributed by atoms with van der Waals surface area (Å²) in [6.45, 7) is 4.77. The summed E-state index contributed by atoms with van der Waals surface area (Å²) in [5.74, 6) is 0. The lowest BCUT2D eigenvalue weighted by molar-refractivity contribution is 0.666. The molecule has 0 unspecified atom stereocenters. The smallest absolute Gasteiger partial charge is 0.145 e. The van der Waals surface area contributed by atoms with E-state index in [0.717, 1.165) is 127 Å². The maximum Gasteiger partial charge on any atom is 0.145 e. The van der Waals surface area contributed by atoms with Gasteiger partial charge in [0.25, 0.3) is 0 Å². The topological polar surface area (TPSA) is 110 Å². The molecule has 0 atom stereocenters. The van der Waals surface area contributed by atoms with E-state index in [4.69, 9.17) is 30.9 Å². The highest BCUT2D eigenvalue weighted by Crippen LogP contribution is 2.58. The summed E-state index contributed by atoms with van der Waals surface area (Å²) in [7, 11) is 0. The number of benzene rings is 20. The zero-order valence-corrected chi connectivity index (χ0v) is 71.8. The summed E-state index contributed by atoms with van der Waals surface area (Å²) in [6.07, 6.45) is 0. The summed E-state index contributed by atoms with van der Waals surface area (Å²) < 4.78 is 54.0. The Morgan fingerprint density at radius 3 is 0.903 bits per heavy atom. The summed E-state index contributed by atoms with van der Waals surface area (Å²) in [6, 6.07) is 129. The van der Waals surface area contributed by atoms with Crippen LogP contribution in [0.5, 0.6) is 0 Å². The van der Waals surface area contributed by atoms with E-state index < -0.39 is 0 Å². The third-order valence-electron chi connectivity index (χ3n) is 30.4. The summed E-state index contributed by atoms with van der Waals surface area (Å²) in [5, 5.41) is 36.5. The van der Waals surface area contributed by atoms with Gasteiger partial charge in [0, 0.05) is 186 Å². The SMILES string of the molecule is CC1(C)c2ccccc2-c2cc3c4ccccc4n4c5cc6oc7ccccc7c6cc5c(c21)c34.c1ccc2c(c1)oc1cc3c(cc12)c1c2c(cc4c5ccccc5n3c41)oc1ccccc12.c1ccc2c(c1)oc1cc3c(cc12)c1cc2c4ccccc4oc2c2c4ccccc4n3c12.c1ccc2c(c1)oc1cc3c(cc12)c1cc2oc4ccccc4c2c2c4ccccc4n3c12. The van der Waals surface area contributed by atoms with E-state index in [0.29, 0.717) is 0 Å². The van der Waals surface area contributed by atoms with Crippen LogP contribution in [0.15, 0.2) is 395 Å². The van der Waals surface area contributed by atoms with Gasteiger partial charge in [0.2, 0.25) is 0 Å². The third-order valence-corrected chi connectivity index (χ3v) is 30.4. The van der Waals surface area contributed by atoms with Crippen LogP contribution in [0.2, 0.25) is 0 Å². The standard InChI is InChI=1S/C33H21NO.3C30H15NO2/c1-33(2)25-12-6-3-9-18(25)22-16-23-19-10-4-7-13-26(19)34-27-17-29-21(20-11-5-8-14-28(20)35-29)15-24(27)30(31(22)33)32(23)34;1-4-10-23-18(9-1)28-29-21(14-22-17-8-3-6-12-26(17)33-30(22)28)19-13-20-16-7-2-5-11-25(16)32-27(20)15-24(19)31(23)29;1-4-10-22-17(8-1)29-28-18-9-3-6-12-25(18)33-27(28)14-21-19-13-20-16-7-2-5-11-24(16)32-26(20)15-23(19)31(22)30(21)29;1-4-10-22-16(7-1)20-14-27-28(18-9-3-6-12-25(18)33-27)29-21-13-19-17-8-2-5-11-24(17)32-26(19)15-23(21)31(22)30(20)29/h3-17H,1-2H3;3*1-15H. The Hall–Kier alpha value is -17.8. The predicted molar refractivity (Wildman–Crippen MR) is 553 cm³/mol. The Labute approximate surface area is 754 Å². The van der Waals surface area contributed by atoms with Crippen LogP contribution in [-0.4, -0.2) is 17.6 Å². The Bertz CT molecular complexity index is 11500. The lowest BCUT2D eigenvalue weighted by Gasteiger charge is -2.22. The molecular weight excluding hydrogens is 1650 g/mol. The van der Waals surface area contributed by atoms with Gasteiger partial charge < -0.3 is 48.5 Å². The number of para-hydroxylation sites is 11. The Morgan fingerprint density at radius 2 is 0.448 bits per heavy atom. The molecule has 620 valence electrons. The number of hydrogen-bond acceptors (Lipinski definition) is 7. The van der Waals surface area contributed by atoms with Crippen LogP contribution in [0.1, 0.15) is 25.0 Å². The number of furan rings is 7. The highest BCUT2D eigenvalue weighted by atomic mass is 16.4. The highest BCUT2D eigenvalue weighted by Gasteiger charge is 2.40. The molecule has 0 radical (unpaired) electrons. The van der Waals surface area contributed by atoms with Crippen molar-refractivity contribution in [3.05, 3.63) is 375 Å². The Kier molecular flexibility index (Phi) is 12.9. The fraction of sp³-hybridized carbons (Fsp3) is 0.0244. The average molecular weight is 1710 g/mol. The lowest BCUT2D eigenvalue weighted by Crippen LogP contribution is -2.15. The van der Waals surface area contributed by atoms with Crippen LogP contribution in [0.4, 0.5) is 0 Å². The van der Waals surface area contributed by atoms with Crippen LogP contribution in [0.3, 0.4) is 0 Å². The van der Waals surface area contributed by atoms with Crippen molar-refractivity contribution >= 4 is 306 Å². The van der Waals surface area contributed by atoms with Gasteiger partial charge in [-0.3, -0.25) is 0 Å². The van der Waals surface area contributed by atoms with Gasteiger partial charge in [0.1, 0.15) is 78.2 Å². The van der Waals surface area contributed by atoms with E-state index in [1.165, 1.54) is 202 Å². The summed E-state index contributed by atoms with van der Waals surface area (Å²) in [4.78, 5) is 0. The molecule has 36 rings (SSSR count). The molecule has 11 nitrogen and oxygen atoms in total. The monoisotopic (exact) mass is 1710 g/mol. The van der Waals surface area contributed by atoms with Crippen molar-refractivity contribution in [2.24, 2.45) is 0 Å². The van der Waals surface area contributed by atoms with Gasteiger partial charge >= 0.3 is 0 Å². The molecule has 1 aliphatic rings. The Balaban J connectivity index is 0.0000000807. The van der Waals surface area contributed by atoms with Crippen LogP contribution >= 0.6 is 0 Å². The van der Waals surface area contributed by atoms with Gasteiger partial charge in [-0.05, 0) is 138 Å². The highest BCUT2D eigenvalue weighted by molar-refractivity contribution is 6.40. The zero-order chi connectivity index (χ0) is 86.8. The quantitative estimate of drug-likeness (QED) is 0.149. The van der Waals surface area contributed by atoms with Crippen molar-refractivity contribution in [3.63, 3.8) is 0 Å². The average Bonchev–Trinajstić information content (AvgIpc) is 1.52. The molecule has 0 spiro atoms. The minimum Gasteiger partial charge on any atom is -0.456 e. The van der Waals surface area contributed by atoms with Gasteiger partial charge in [-0.2, -0.15) is 0 Å². The molecule has 0 saturated carbocycles. The van der Waals surface area contributed by atoms with Crippen molar-refractivity contribution in [1.29, 1.82) is 0 Å². The second-order valence-corrected chi connectivity index (χ2v) is 37.4. The maximum absolute atomic E-state index is 6.46. The van der Waals surface area contributed by atoms with Crippen molar-refractivity contribution in [1.82, 2.24) is 17.6 Å². The first-order valence-electron chi connectivity index (χ1n) is 45.9. The first-order chi connectivity index (χ1) is 66.2. The third kappa shape index (κ3) is 8.70. The van der Waals surface area contributed by atoms with E-state index in [-0.39, 0.29) is 5.41 Å². The molecule has 20 aromatic carbocycles. The predicted octanol–water partition coefficient (Wildman–Crippen LogP) is 34.9. The van der Waals surface area contributed by atoms with Crippen molar-refractivity contribution in [3.8, 4) is 11.1 Å². The van der Waals surface area contributed by atoms with Crippen molar-refractivity contribution in [2.45, 2.75) is 19.3 Å². The first-order valence-corrected chi connectivity index (χ1v) is 45.9. The number of nitrogens with zero attached hydrogens (tertiary/aromatic N) is 4. The molecule has 134 heavy (non-hydrogen) atoms. The molecule has 0 saturated heterocycles. The normalized spacial score (nSPS) is 13.4. The second-order valence-electron chi connectivity index (χ2n) is 37.4. The zero-order valence-electron chi connectivity index (χ0n) is 71.8. The molecule has 0 fully saturated rings. The van der Waals surface area contributed by atoms with E-state index in [2.05, 4.69) is 335 Å². The van der Waals surface area contributed by atoms with Gasteiger partial charge in [0.15, 0.2) is 0 Å². The lowest BCUT2D eigenvalue weighted by atomic mass is 9.80. The maximum atomic E-state index is 6.46. The van der Waals surface area contributed by atoms with Gasteiger partial charge in [-0.1, -0.05) is 238 Å². The largest absolute Gasteiger partial charge is 0.456 e. The van der Waals surface area contributed by atoms with Gasteiger partial charge in [-0.25, -0.2) is 0 Å². The number of aromatic nitrogens is 4. The number of hydrogen-bond donors (Lipinski definition) is 0. The van der Waals surface area contributed by atoms with E-state index in [1.54, 1.807) is 0 Å². The molecule has 15 aromatic heterocycles. The molecule has 0 amide bonds. The number of fused-ring (bicyclic) bond motifs is 52. The Morgan fingerprint density at radius 1 is 0.164 bits per heavy atom. The molecule has 35 aromatic rings. The molecule has 0 N–H and O–H groups in total. The fourth-order valence-electron chi connectivity index (χ4n) is 25.0. The van der Waals surface area contributed by atoms with E-state index in [1.807, 2.05) is 60.7 Å². The molecule has 15 heterocycles. The second kappa shape index (κ2) is 24.6. The van der Waals surface area contributed by atoms with Gasteiger partial charge in [0.05, 0.1) is 71.6 Å². The molecule has 0 bridgehead atoms. The minimum atomic E-state index is -0.0776. The van der Waals surface area contributed by atoms with Crippen LogP contribution < -0.4 is 0 Å². The van der Waals surface area contributed by atoms with Crippen LogP contribution in [0, 0.1) is 0 Å². The molecule has 1 aliphatic carbocycles. The van der Waals surface area contributed by atoms with Crippen LogP contribution in [-0.2, 0) is 5.41 Å². The molecule has 0 aliphatic heterocycles. The fourth-order valence-corrected chi connectivity index (χ4v) is 25.0. The van der Waals surface area contributed by atoms with Crippen molar-refractivity contribution < 1.29 is 30.9 Å². The number of rotatable bonds is 0. The summed E-state index contributed by atoms with van der Waals surface area (Å²) >= 11 is 0. The molecule has 11 heteroatoms. The first kappa shape index (κ1) is 70.2. The van der Waals surface area contributed by atoms with E-state index >= 15 is 0 Å². The van der Waals surface area contributed by atoms with Gasteiger partial charge in [-0.15, -0.1) is 0 Å². The van der Waals surface area contributed by atoms with Crippen molar-refractivity contribution in [2.75, 3.05) is 0 Å². The molecular formula is C123H66N4O7. The minimum absolute atomic E-state index is 0.0776. The van der Waals surface area contributed by atoms with E-state index in [9.17, 15) is 0 Å². The van der Waals surface area contributed by atoms with Crippen LogP contribution in [0.25, 0.3) is 317 Å².